The van der Waals surface area contributed by atoms with Crippen molar-refractivity contribution in [2.75, 3.05) is 44.3 Å². The molecule has 1 aromatic carbocycles. The number of carbonyl (C=O) groups excluding carboxylic acids is 1. The molecule has 0 bridgehead atoms. The number of carbonyl (C=O) groups is 1. The normalized spacial score (nSPS) is 21.6. The summed E-state index contributed by atoms with van der Waals surface area (Å²) in [6, 6.07) is 4.68. The van der Waals surface area contributed by atoms with E-state index >= 15 is 0 Å². The van der Waals surface area contributed by atoms with E-state index in [4.69, 9.17) is 16.3 Å². The lowest BCUT2D eigenvalue weighted by molar-refractivity contribution is -0.384. The van der Waals surface area contributed by atoms with Crippen LogP contribution in [0.1, 0.15) is 12.8 Å². The smallest absolute Gasteiger partial charge is 0.294 e. The van der Waals surface area contributed by atoms with Gasteiger partial charge >= 0.3 is 0 Å². The molecule has 8 heteroatoms. The Morgan fingerprint density at radius 2 is 2.04 bits per heavy atom. The molecule has 2 fully saturated rings. The van der Waals surface area contributed by atoms with Gasteiger partial charge in [0.15, 0.2) is 0 Å². The fourth-order valence-electron chi connectivity index (χ4n) is 3.35. The molecule has 3 rings (SSSR count). The lowest BCUT2D eigenvalue weighted by atomic mass is 9.95. The Bertz CT molecular complexity index is 634. The molecule has 2 aliphatic heterocycles. The zero-order chi connectivity index (χ0) is 17.1. The van der Waals surface area contributed by atoms with Crippen LogP contribution < -0.4 is 4.90 Å². The lowest BCUT2D eigenvalue weighted by Gasteiger charge is -2.37. The Balaban J connectivity index is 1.76. The molecule has 0 aliphatic carbocycles. The van der Waals surface area contributed by atoms with Gasteiger partial charge in [0.2, 0.25) is 5.91 Å². The molecule has 1 unspecified atom stereocenters. The number of ether oxygens (including phenoxy) is 1. The van der Waals surface area contributed by atoms with Crippen LogP contribution in [0.5, 0.6) is 0 Å². The van der Waals surface area contributed by atoms with E-state index in [0.717, 1.165) is 12.8 Å². The quantitative estimate of drug-likeness (QED) is 0.615. The predicted molar refractivity (Wildman–Crippen MR) is 90.4 cm³/mol. The van der Waals surface area contributed by atoms with Crippen LogP contribution in [0.3, 0.4) is 0 Å². The summed E-state index contributed by atoms with van der Waals surface area (Å²) in [5.74, 6) is -0.00764. The summed E-state index contributed by atoms with van der Waals surface area (Å²) in [5.41, 5.74) is 0.519. The largest absolute Gasteiger partial charge is 0.378 e. The second-order valence-corrected chi connectivity index (χ2v) is 6.55. The van der Waals surface area contributed by atoms with Crippen LogP contribution in [0.15, 0.2) is 18.2 Å². The first-order chi connectivity index (χ1) is 11.6. The highest BCUT2D eigenvalue weighted by molar-refractivity contribution is 6.30. The van der Waals surface area contributed by atoms with E-state index in [-0.39, 0.29) is 17.5 Å². The monoisotopic (exact) mass is 353 g/mol. The molecule has 2 saturated heterocycles. The summed E-state index contributed by atoms with van der Waals surface area (Å²) in [5, 5.41) is 11.6. The number of hydrogen-bond donors (Lipinski definition) is 0. The molecule has 0 N–H and O–H groups in total. The van der Waals surface area contributed by atoms with Gasteiger partial charge in [-0.2, -0.15) is 0 Å². The van der Waals surface area contributed by atoms with Crippen LogP contribution in [0.25, 0.3) is 0 Å². The van der Waals surface area contributed by atoms with Crippen LogP contribution >= 0.6 is 11.6 Å². The number of morpholine rings is 1. The number of nitrogens with zero attached hydrogens (tertiary/aromatic N) is 3. The molecule has 0 aromatic heterocycles. The van der Waals surface area contributed by atoms with Gasteiger partial charge in [-0.1, -0.05) is 11.6 Å². The highest BCUT2D eigenvalue weighted by Gasteiger charge is 2.32. The van der Waals surface area contributed by atoms with Crippen molar-refractivity contribution in [3.63, 3.8) is 0 Å². The van der Waals surface area contributed by atoms with Crippen molar-refractivity contribution in [3.05, 3.63) is 33.3 Å². The first-order valence-electron chi connectivity index (χ1n) is 8.11. The molecule has 1 atom stereocenters. The van der Waals surface area contributed by atoms with Gasteiger partial charge in [-0.15, -0.1) is 0 Å². The van der Waals surface area contributed by atoms with E-state index in [1.165, 1.54) is 6.07 Å². The first-order valence-corrected chi connectivity index (χ1v) is 8.49. The lowest BCUT2D eigenvalue weighted by Crippen LogP contribution is -2.48. The van der Waals surface area contributed by atoms with Gasteiger partial charge in [-0.25, -0.2) is 0 Å². The van der Waals surface area contributed by atoms with E-state index in [9.17, 15) is 14.9 Å². The summed E-state index contributed by atoms with van der Waals surface area (Å²) in [6.45, 7) is 3.59. The summed E-state index contributed by atoms with van der Waals surface area (Å²) in [6.07, 6.45) is 1.65. The number of anilines is 1. The zero-order valence-electron chi connectivity index (χ0n) is 13.3. The van der Waals surface area contributed by atoms with Gasteiger partial charge in [-0.3, -0.25) is 14.9 Å². The van der Waals surface area contributed by atoms with Crippen molar-refractivity contribution in [2.24, 2.45) is 5.92 Å². The minimum Gasteiger partial charge on any atom is -0.378 e. The standard InChI is InChI=1S/C16H20ClN3O4/c17-13-3-4-14(15(10-13)20(22)23)19-5-1-2-12(11-19)16(21)18-6-8-24-9-7-18/h3-4,10,12H,1-2,5-9,11H2. The molecule has 0 spiro atoms. The maximum absolute atomic E-state index is 12.7. The highest BCUT2D eigenvalue weighted by atomic mass is 35.5. The zero-order valence-corrected chi connectivity index (χ0v) is 14.1. The van der Waals surface area contributed by atoms with Crippen LogP contribution in [-0.2, 0) is 9.53 Å². The highest BCUT2D eigenvalue weighted by Crippen LogP contribution is 2.34. The molecule has 2 aliphatic rings. The first kappa shape index (κ1) is 17.0. The third-order valence-corrected chi connectivity index (χ3v) is 4.80. The number of benzene rings is 1. The molecular formula is C16H20ClN3O4. The van der Waals surface area contributed by atoms with Gasteiger partial charge in [0.25, 0.3) is 5.69 Å². The van der Waals surface area contributed by atoms with Gasteiger partial charge < -0.3 is 14.5 Å². The van der Waals surface area contributed by atoms with E-state index in [0.29, 0.717) is 50.1 Å². The van der Waals surface area contributed by atoms with Gasteiger partial charge in [0.1, 0.15) is 5.69 Å². The molecular weight excluding hydrogens is 334 g/mol. The molecule has 1 aromatic rings. The Hall–Kier alpha value is -1.86. The molecule has 24 heavy (non-hydrogen) atoms. The van der Waals surface area contributed by atoms with Crippen LogP contribution in [0.4, 0.5) is 11.4 Å². The Kier molecular flexibility index (Phi) is 5.20. The van der Waals surface area contributed by atoms with Crippen molar-refractivity contribution in [1.29, 1.82) is 0 Å². The van der Waals surface area contributed by atoms with Crippen molar-refractivity contribution in [1.82, 2.24) is 4.90 Å². The number of hydrogen-bond acceptors (Lipinski definition) is 5. The number of piperidine rings is 1. The number of halogens is 1. The topological polar surface area (TPSA) is 75.9 Å². The predicted octanol–water partition coefficient (Wildman–Crippen LogP) is 2.32. The Morgan fingerprint density at radius 3 is 2.75 bits per heavy atom. The van der Waals surface area contributed by atoms with Crippen molar-refractivity contribution >= 4 is 28.9 Å². The molecule has 0 radical (unpaired) electrons. The number of nitro benzene ring substituents is 1. The van der Waals surface area contributed by atoms with Crippen LogP contribution in [0, 0.1) is 16.0 Å². The van der Waals surface area contributed by atoms with Crippen molar-refractivity contribution < 1.29 is 14.5 Å². The minimum atomic E-state index is -0.422. The van der Waals surface area contributed by atoms with Gasteiger partial charge in [0, 0.05) is 37.3 Å². The van der Waals surface area contributed by atoms with Crippen LogP contribution in [-0.4, -0.2) is 55.1 Å². The van der Waals surface area contributed by atoms with Crippen LogP contribution in [0.2, 0.25) is 5.02 Å². The summed E-state index contributed by atoms with van der Waals surface area (Å²) in [7, 11) is 0. The van der Waals surface area contributed by atoms with E-state index < -0.39 is 4.92 Å². The summed E-state index contributed by atoms with van der Waals surface area (Å²) in [4.78, 5) is 27.4. The van der Waals surface area contributed by atoms with Gasteiger partial charge in [0.05, 0.1) is 24.1 Å². The van der Waals surface area contributed by atoms with E-state index in [1.807, 2.05) is 9.80 Å². The Labute approximate surface area is 145 Å². The maximum Gasteiger partial charge on any atom is 0.294 e. The van der Waals surface area contributed by atoms with Gasteiger partial charge in [-0.05, 0) is 25.0 Å². The third kappa shape index (κ3) is 3.62. The molecule has 130 valence electrons. The van der Waals surface area contributed by atoms with E-state index in [1.54, 1.807) is 12.1 Å². The average molecular weight is 354 g/mol. The molecule has 0 saturated carbocycles. The SMILES string of the molecule is O=C(C1CCCN(c2ccc(Cl)cc2[N+](=O)[O-])C1)N1CCOCC1. The fraction of sp³-hybridized carbons (Fsp3) is 0.562. The molecule has 1 amide bonds. The fourth-order valence-corrected chi connectivity index (χ4v) is 3.52. The average Bonchev–Trinajstić information content (AvgIpc) is 2.62. The summed E-state index contributed by atoms with van der Waals surface area (Å²) >= 11 is 5.88. The Morgan fingerprint density at radius 1 is 1.29 bits per heavy atom. The third-order valence-electron chi connectivity index (χ3n) is 4.57. The number of rotatable bonds is 3. The minimum absolute atomic E-state index is 0.0121. The number of amides is 1. The second-order valence-electron chi connectivity index (χ2n) is 6.11. The van der Waals surface area contributed by atoms with E-state index in [2.05, 4.69) is 0 Å². The summed E-state index contributed by atoms with van der Waals surface area (Å²) < 4.78 is 5.29. The maximum atomic E-state index is 12.7. The van der Waals surface area contributed by atoms with Crippen molar-refractivity contribution in [3.8, 4) is 0 Å². The van der Waals surface area contributed by atoms with Crippen molar-refractivity contribution in [2.45, 2.75) is 12.8 Å². The molecule has 7 nitrogen and oxygen atoms in total. The number of nitro groups is 1. The molecule has 2 heterocycles. The second kappa shape index (κ2) is 7.36.